The minimum absolute atomic E-state index is 0.201. The van der Waals surface area contributed by atoms with E-state index < -0.39 is 17.7 Å². The van der Waals surface area contributed by atoms with Crippen molar-refractivity contribution in [2.45, 2.75) is 52.2 Å². The van der Waals surface area contributed by atoms with Gasteiger partial charge in [0, 0.05) is 17.6 Å². The summed E-state index contributed by atoms with van der Waals surface area (Å²) in [7, 11) is 0. The smallest absolute Gasteiger partial charge is 0.410 e. The van der Waals surface area contributed by atoms with Crippen LogP contribution in [0.5, 0.6) is 0 Å². The van der Waals surface area contributed by atoms with Gasteiger partial charge in [-0.15, -0.1) is 11.3 Å². The molecule has 0 radical (unpaired) electrons. The van der Waals surface area contributed by atoms with Gasteiger partial charge >= 0.3 is 6.09 Å². The zero-order chi connectivity index (χ0) is 15.6. The van der Waals surface area contributed by atoms with Gasteiger partial charge in [0.1, 0.15) is 11.6 Å². The second-order valence-electron chi connectivity index (χ2n) is 6.10. The summed E-state index contributed by atoms with van der Waals surface area (Å²) in [5, 5.41) is 3.33. The minimum Gasteiger partial charge on any atom is -0.444 e. The number of likely N-dealkylation sites (tertiary alicyclic amines) is 1. The summed E-state index contributed by atoms with van der Waals surface area (Å²) in [5.41, 5.74) is -0.562. The number of nitrogens with zero attached hydrogens (tertiary/aromatic N) is 2. The summed E-state index contributed by atoms with van der Waals surface area (Å²) in [6.07, 6.45) is 2.72. The van der Waals surface area contributed by atoms with E-state index in [0.717, 1.165) is 11.3 Å². The molecule has 1 aromatic heterocycles. The lowest BCUT2D eigenvalue weighted by Crippen LogP contribution is -2.45. The summed E-state index contributed by atoms with van der Waals surface area (Å²) in [6, 6.07) is -0.482. The van der Waals surface area contributed by atoms with E-state index in [9.17, 15) is 9.59 Å². The molecule has 6 nitrogen and oxygen atoms in total. The van der Waals surface area contributed by atoms with E-state index in [1.807, 2.05) is 27.7 Å². The maximum atomic E-state index is 12.3. The van der Waals surface area contributed by atoms with E-state index in [0.29, 0.717) is 18.1 Å². The number of nitrogens with one attached hydrogen (secondary N) is 1. The Kier molecular flexibility index (Phi) is 4.51. The van der Waals surface area contributed by atoms with Gasteiger partial charge in [0.25, 0.3) is 0 Å². The Hall–Kier alpha value is -1.63. The maximum Gasteiger partial charge on any atom is 0.410 e. The summed E-state index contributed by atoms with van der Waals surface area (Å²) in [6.45, 7) is 7.91. The van der Waals surface area contributed by atoms with Crippen molar-refractivity contribution in [1.82, 2.24) is 9.88 Å². The molecule has 1 atom stereocenters. The topological polar surface area (TPSA) is 71.5 Å². The van der Waals surface area contributed by atoms with Crippen LogP contribution >= 0.6 is 11.3 Å². The van der Waals surface area contributed by atoms with Crippen molar-refractivity contribution in [3.8, 4) is 0 Å². The maximum absolute atomic E-state index is 12.3. The van der Waals surface area contributed by atoms with Crippen LogP contribution in [0.4, 0.5) is 9.93 Å². The van der Waals surface area contributed by atoms with Gasteiger partial charge in [0.2, 0.25) is 5.91 Å². The molecule has 2 heterocycles. The Morgan fingerprint density at radius 1 is 1.48 bits per heavy atom. The minimum atomic E-state index is -0.562. The molecule has 0 aliphatic carbocycles. The second-order valence-corrected chi connectivity index (χ2v) is 7.33. The van der Waals surface area contributed by atoms with E-state index in [-0.39, 0.29) is 5.91 Å². The van der Waals surface area contributed by atoms with Gasteiger partial charge in [0.15, 0.2) is 5.13 Å². The molecule has 0 aromatic carbocycles. The van der Waals surface area contributed by atoms with Crippen LogP contribution in [0.1, 0.15) is 38.5 Å². The Morgan fingerprint density at radius 3 is 2.76 bits per heavy atom. The molecule has 0 spiro atoms. The molecule has 21 heavy (non-hydrogen) atoms. The van der Waals surface area contributed by atoms with Gasteiger partial charge in [-0.1, -0.05) is 0 Å². The molecule has 1 saturated heterocycles. The zero-order valence-corrected chi connectivity index (χ0v) is 13.6. The van der Waals surface area contributed by atoms with E-state index in [4.69, 9.17) is 4.74 Å². The molecule has 1 N–H and O–H groups in total. The van der Waals surface area contributed by atoms with Crippen LogP contribution in [-0.4, -0.2) is 40.1 Å². The van der Waals surface area contributed by atoms with Crippen molar-refractivity contribution in [2.75, 3.05) is 11.9 Å². The van der Waals surface area contributed by atoms with Crippen molar-refractivity contribution in [3.05, 3.63) is 11.1 Å². The number of amides is 2. The number of anilines is 1. The lowest BCUT2D eigenvalue weighted by atomic mass is 10.2. The highest BCUT2D eigenvalue weighted by Gasteiger charge is 2.36. The van der Waals surface area contributed by atoms with E-state index in [1.165, 1.54) is 16.2 Å². The Bertz CT molecular complexity index is 536. The average Bonchev–Trinajstić information content (AvgIpc) is 2.95. The van der Waals surface area contributed by atoms with Crippen molar-refractivity contribution in [1.29, 1.82) is 0 Å². The van der Waals surface area contributed by atoms with Crippen LogP contribution in [0.2, 0.25) is 0 Å². The largest absolute Gasteiger partial charge is 0.444 e. The normalized spacial score (nSPS) is 18.7. The van der Waals surface area contributed by atoms with Crippen molar-refractivity contribution < 1.29 is 14.3 Å². The molecule has 1 fully saturated rings. The zero-order valence-electron chi connectivity index (χ0n) is 12.8. The Labute approximate surface area is 128 Å². The number of thiazole rings is 1. The molecule has 116 valence electrons. The summed E-state index contributed by atoms with van der Waals surface area (Å²) >= 11 is 1.42. The van der Waals surface area contributed by atoms with E-state index in [2.05, 4.69) is 10.3 Å². The number of ether oxygens (including phenoxy) is 1. The standard InChI is InChI=1S/C14H21N3O3S/c1-9-8-15-12(21-9)16-11(18)10-6-5-7-17(10)13(19)20-14(2,3)4/h8,10H,5-7H2,1-4H3,(H,15,16,18). The predicted octanol–water partition coefficient (Wildman–Crippen LogP) is 2.79. The molecular weight excluding hydrogens is 290 g/mol. The highest BCUT2D eigenvalue weighted by atomic mass is 32.1. The van der Waals surface area contributed by atoms with Gasteiger partial charge < -0.3 is 10.1 Å². The fourth-order valence-electron chi connectivity index (χ4n) is 2.18. The number of carbonyl (C=O) groups is 2. The van der Waals surface area contributed by atoms with Gasteiger partial charge in [-0.25, -0.2) is 9.78 Å². The quantitative estimate of drug-likeness (QED) is 0.911. The third-order valence-corrected chi connectivity index (χ3v) is 3.86. The summed E-state index contributed by atoms with van der Waals surface area (Å²) in [4.78, 5) is 31.1. The van der Waals surface area contributed by atoms with Crippen LogP contribution in [0.3, 0.4) is 0 Å². The molecular formula is C14H21N3O3S. The first-order valence-electron chi connectivity index (χ1n) is 6.99. The third kappa shape index (κ3) is 4.17. The van der Waals surface area contributed by atoms with Gasteiger partial charge in [0.05, 0.1) is 0 Å². The molecule has 7 heteroatoms. The molecule has 1 aliphatic rings. The summed E-state index contributed by atoms with van der Waals surface area (Å²) in [5.74, 6) is -0.201. The molecule has 1 unspecified atom stereocenters. The monoisotopic (exact) mass is 311 g/mol. The number of rotatable bonds is 2. The molecule has 0 saturated carbocycles. The average molecular weight is 311 g/mol. The molecule has 2 amide bonds. The molecule has 1 aliphatic heterocycles. The van der Waals surface area contributed by atoms with Gasteiger partial charge in [-0.05, 0) is 40.5 Å². The first-order chi connectivity index (χ1) is 9.76. The first-order valence-corrected chi connectivity index (χ1v) is 7.81. The van der Waals surface area contributed by atoms with Crippen LogP contribution in [0, 0.1) is 6.92 Å². The van der Waals surface area contributed by atoms with Crippen LogP contribution < -0.4 is 5.32 Å². The Balaban J connectivity index is 2.00. The number of hydrogen-bond donors (Lipinski definition) is 1. The molecule has 0 bridgehead atoms. The molecule has 2 rings (SSSR count). The fraction of sp³-hybridized carbons (Fsp3) is 0.643. The number of aryl methyl sites for hydroxylation is 1. The van der Waals surface area contributed by atoms with Crippen molar-refractivity contribution in [3.63, 3.8) is 0 Å². The highest BCUT2D eigenvalue weighted by molar-refractivity contribution is 7.15. The number of carbonyl (C=O) groups excluding carboxylic acids is 2. The van der Waals surface area contributed by atoms with Crippen molar-refractivity contribution in [2.24, 2.45) is 0 Å². The summed E-state index contributed by atoms with van der Waals surface area (Å²) < 4.78 is 5.35. The van der Waals surface area contributed by atoms with Crippen LogP contribution in [0.25, 0.3) is 0 Å². The first kappa shape index (κ1) is 15.8. The SMILES string of the molecule is Cc1cnc(NC(=O)C2CCCN2C(=O)OC(C)(C)C)s1. The second kappa shape index (κ2) is 6.01. The van der Waals surface area contributed by atoms with Gasteiger partial charge in [-0.3, -0.25) is 9.69 Å². The third-order valence-electron chi connectivity index (χ3n) is 3.03. The lowest BCUT2D eigenvalue weighted by Gasteiger charge is -2.27. The van der Waals surface area contributed by atoms with E-state index >= 15 is 0 Å². The van der Waals surface area contributed by atoms with Crippen molar-refractivity contribution >= 4 is 28.5 Å². The predicted molar refractivity (Wildman–Crippen MR) is 81.4 cm³/mol. The molecule has 1 aromatic rings. The van der Waals surface area contributed by atoms with E-state index in [1.54, 1.807) is 6.20 Å². The fourth-order valence-corrected chi connectivity index (χ4v) is 2.85. The highest BCUT2D eigenvalue weighted by Crippen LogP contribution is 2.23. The lowest BCUT2D eigenvalue weighted by molar-refractivity contribution is -0.120. The van der Waals surface area contributed by atoms with Crippen LogP contribution in [-0.2, 0) is 9.53 Å². The van der Waals surface area contributed by atoms with Gasteiger partial charge in [-0.2, -0.15) is 0 Å². The Morgan fingerprint density at radius 2 is 2.19 bits per heavy atom. The van der Waals surface area contributed by atoms with Crippen LogP contribution in [0.15, 0.2) is 6.20 Å². The number of hydrogen-bond acceptors (Lipinski definition) is 5. The number of aromatic nitrogens is 1.